The van der Waals surface area contributed by atoms with Crippen LogP contribution in [0.3, 0.4) is 0 Å². The third kappa shape index (κ3) is 3.43. The first kappa shape index (κ1) is 15.3. The molecule has 0 saturated heterocycles. The summed E-state index contributed by atoms with van der Waals surface area (Å²) in [4.78, 5) is 0. The van der Waals surface area contributed by atoms with E-state index in [4.69, 9.17) is 4.74 Å². The van der Waals surface area contributed by atoms with Crippen LogP contribution in [0.2, 0.25) is 0 Å². The summed E-state index contributed by atoms with van der Waals surface area (Å²) in [7, 11) is 1.77. The Morgan fingerprint density at radius 2 is 1.18 bits per heavy atom. The van der Waals surface area contributed by atoms with Gasteiger partial charge in [0, 0.05) is 0 Å². The molecule has 0 spiro atoms. The van der Waals surface area contributed by atoms with Gasteiger partial charge in [0.15, 0.2) is 0 Å². The Kier molecular flexibility index (Phi) is 5.32. The monoisotopic (exact) mass is 396 g/mol. The van der Waals surface area contributed by atoms with Gasteiger partial charge in [-0.15, -0.1) is 0 Å². The molecule has 0 aromatic heterocycles. The Morgan fingerprint density at radius 1 is 0.682 bits per heavy atom. The van der Waals surface area contributed by atoms with Gasteiger partial charge in [-0.25, -0.2) is 0 Å². The number of benzene rings is 3. The SMILES string of the molecule is COCc1cccc[c]1[Sb]([c]1ccccc1)[c]1ccccc1. The molecule has 0 atom stereocenters. The molecule has 22 heavy (non-hydrogen) atoms. The van der Waals surface area contributed by atoms with Gasteiger partial charge in [0.05, 0.1) is 0 Å². The molecule has 0 aliphatic carbocycles. The van der Waals surface area contributed by atoms with Gasteiger partial charge in [0.2, 0.25) is 0 Å². The second kappa shape index (κ2) is 7.63. The third-order valence-electron chi connectivity index (χ3n) is 3.56. The van der Waals surface area contributed by atoms with Gasteiger partial charge >= 0.3 is 140 Å². The van der Waals surface area contributed by atoms with E-state index in [1.807, 2.05) is 0 Å². The van der Waals surface area contributed by atoms with Gasteiger partial charge in [-0.05, 0) is 0 Å². The van der Waals surface area contributed by atoms with Gasteiger partial charge in [-0.2, -0.15) is 0 Å². The Bertz CT molecular complexity index is 671. The van der Waals surface area contributed by atoms with Crippen LogP contribution in [-0.2, 0) is 11.3 Å². The Hall–Kier alpha value is -1.56. The fourth-order valence-corrected chi connectivity index (χ4v) is 9.60. The molecule has 0 heterocycles. The van der Waals surface area contributed by atoms with Crippen LogP contribution in [0.4, 0.5) is 0 Å². The number of ether oxygens (including phenoxy) is 1. The van der Waals surface area contributed by atoms with Crippen molar-refractivity contribution in [3.05, 3.63) is 90.5 Å². The fraction of sp³-hybridized carbons (Fsp3) is 0.100. The first-order valence-corrected chi connectivity index (χ1v) is 11.2. The van der Waals surface area contributed by atoms with Crippen molar-refractivity contribution in [3.8, 4) is 0 Å². The van der Waals surface area contributed by atoms with Crippen molar-refractivity contribution < 1.29 is 4.74 Å². The van der Waals surface area contributed by atoms with Crippen LogP contribution in [0.15, 0.2) is 84.9 Å². The van der Waals surface area contributed by atoms with Crippen molar-refractivity contribution >= 4 is 30.7 Å². The zero-order valence-electron chi connectivity index (χ0n) is 12.6. The Balaban J connectivity index is 2.15. The van der Waals surface area contributed by atoms with Crippen LogP contribution in [0.5, 0.6) is 0 Å². The maximum atomic E-state index is 5.42. The minimum atomic E-state index is -2.00. The Labute approximate surface area is 139 Å². The summed E-state index contributed by atoms with van der Waals surface area (Å²) in [6, 6.07) is 30.6. The summed E-state index contributed by atoms with van der Waals surface area (Å²) in [6.07, 6.45) is 0. The second-order valence-corrected chi connectivity index (χ2v) is 11.3. The molecule has 3 aromatic rings. The molecule has 0 amide bonds. The van der Waals surface area contributed by atoms with Gasteiger partial charge in [0.25, 0.3) is 0 Å². The summed E-state index contributed by atoms with van der Waals surface area (Å²) in [5.74, 6) is 0. The summed E-state index contributed by atoms with van der Waals surface area (Å²) < 4.78 is 9.88. The molecule has 3 rings (SSSR count). The molecule has 0 saturated carbocycles. The molecule has 0 radical (unpaired) electrons. The molecular formula is C20H19OSb. The van der Waals surface area contributed by atoms with Crippen molar-refractivity contribution in [2.45, 2.75) is 6.61 Å². The zero-order chi connectivity index (χ0) is 15.2. The van der Waals surface area contributed by atoms with Crippen LogP contribution in [0.25, 0.3) is 0 Å². The minimum absolute atomic E-state index is 0.677. The third-order valence-corrected chi connectivity index (χ3v) is 10.8. The van der Waals surface area contributed by atoms with Crippen LogP contribution in [0.1, 0.15) is 5.56 Å². The molecule has 0 bridgehead atoms. The van der Waals surface area contributed by atoms with E-state index >= 15 is 0 Å². The van der Waals surface area contributed by atoms with Crippen molar-refractivity contribution in [3.63, 3.8) is 0 Å². The van der Waals surface area contributed by atoms with E-state index in [-0.39, 0.29) is 0 Å². The van der Waals surface area contributed by atoms with E-state index in [2.05, 4.69) is 84.9 Å². The molecular weight excluding hydrogens is 378 g/mol. The van der Waals surface area contributed by atoms with E-state index in [9.17, 15) is 0 Å². The summed E-state index contributed by atoms with van der Waals surface area (Å²) in [5.41, 5.74) is 1.32. The van der Waals surface area contributed by atoms with Crippen molar-refractivity contribution in [1.82, 2.24) is 0 Å². The molecule has 110 valence electrons. The van der Waals surface area contributed by atoms with E-state index < -0.39 is 20.2 Å². The van der Waals surface area contributed by atoms with E-state index in [1.165, 1.54) is 16.1 Å². The first-order chi connectivity index (χ1) is 10.9. The zero-order valence-corrected chi connectivity index (χ0v) is 15.2. The topological polar surface area (TPSA) is 9.23 Å². The summed E-state index contributed by atoms with van der Waals surface area (Å²) in [5, 5.41) is 0. The van der Waals surface area contributed by atoms with E-state index in [0.29, 0.717) is 6.61 Å². The quantitative estimate of drug-likeness (QED) is 0.601. The van der Waals surface area contributed by atoms with Gasteiger partial charge < -0.3 is 0 Å². The fourth-order valence-electron chi connectivity index (χ4n) is 2.59. The van der Waals surface area contributed by atoms with E-state index in [1.54, 1.807) is 7.11 Å². The Morgan fingerprint density at radius 3 is 1.73 bits per heavy atom. The average molecular weight is 397 g/mol. The predicted octanol–water partition coefficient (Wildman–Crippen LogP) is 2.35. The first-order valence-electron chi connectivity index (χ1n) is 7.37. The number of hydrogen-bond donors (Lipinski definition) is 0. The van der Waals surface area contributed by atoms with Crippen LogP contribution >= 0.6 is 0 Å². The standard InChI is InChI=1S/C8H9O.2C6H5.Sb/c1-9-7-8-5-3-2-4-6-8;2*1-2-4-6-5-3-1;/h2-5H,7H2,1H3;2*1-5H;. The van der Waals surface area contributed by atoms with Crippen molar-refractivity contribution in [2.75, 3.05) is 7.11 Å². The maximum absolute atomic E-state index is 5.42. The van der Waals surface area contributed by atoms with Crippen LogP contribution in [-0.4, -0.2) is 27.3 Å². The molecule has 0 unspecified atom stereocenters. The van der Waals surface area contributed by atoms with Gasteiger partial charge in [0.1, 0.15) is 0 Å². The van der Waals surface area contributed by atoms with Gasteiger partial charge in [-0.3, -0.25) is 0 Å². The molecule has 0 N–H and O–H groups in total. The second-order valence-electron chi connectivity index (χ2n) is 5.07. The van der Waals surface area contributed by atoms with Crippen LogP contribution in [0, 0.1) is 0 Å². The van der Waals surface area contributed by atoms with Gasteiger partial charge in [-0.1, -0.05) is 0 Å². The molecule has 1 nitrogen and oxygen atoms in total. The molecule has 0 aliphatic heterocycles. The van der Waals surface area contributed by atoms with Crippen molar-refractivity contribution in [2.24, 2.45) is 0 Å². The average Bonchev–Trinajstić information content (AvgIpc) is 2.59. The molecule has 0 fully saturated rings. The predicted molar refractivity (Wildman–Crippen MR) is 94.7 cm³/mol. The molecule has 0 aliphatic rings. The van der Waals surface area contributed by atoms with Crippen LogP contribution < -0.4 is 10.5 Å². The summed E-state index contributed by atoms with van der Waals surface area (Å²) >= 11 is -2.00. The number of rotatable bonds is 5. The number of methoxy groups -OCH3 is 1. The molecule has 3 aromatic carbocycles. The van der Waals surface area contributed by atoms with Crippen molar-refractivity contribution in [1.29, 1.82) is 0 Å². The van der Waals surface area contributed by atoms with E-state index in [0.717, 1.165) is 0 Å². The number of hydrogen-bond acceptors (Lipinski definition) is 1. The normalized spacial score (nSPS) is 10.8. The summed E-state index contributed by atoms with van der Waals surface area (Å²) in [6.45, 7) is 0.677. The molecule has 2 heteroatoms.